The number of aryl methyl sites for hydroxylation is 1. The predicted molar refractivity (Wildman–Crippen MR) is 45.3 cm³/mol. The van der Waals surface area contributed by atoms with Crippen LogP contribution in [0.4, 0.5) is 10.5 Å². The highest BCUT2D eigenvalue weighted by molar-refractivity contribution is 5.83. The maximum Gasteiger partial charge on any atom is 0.409 e. The fourth-order valence-electron chi connectivity index (χ4n) is 0.949. The molecular weight excluding hydrogens is 156 g/mol. The van der Waals surface area contributed by atoms with Crippen LogP contribution in [0.1, 0.15) is 12.6 Å². The third-order valence-corrected chi connectivity index (χ3v) is 1.47. The number of carboxylic acid groups (broad SMARTS) is 1. The van der Waals surface area contributed by atoms with Crippen LogP contribution >= 0.6 is 0 Å². The molecule has 0 unspecified atom stereocenters. The van der Waals surface area contributed by atoms with E-state index >= 15 is 0 Å². The summed E-state index contributed by atoms with van der Waals surface area (Å²) in [6.45, 7) is 1.93. The summed E-state index contributed by atoms with van der Waals surface area (Å²) in [5.41, 5.74) is 1.33. The van der Waals surface area contributed by atoms with Crippen LogP contribution < -0.4 is 5.32 Å². The number of amides is 1. The van der Waals surface area contributed by atoms with Gasteiger partial charge in [-0.3, -0.25) is 10.3 Å². The van der Waals surface area contributed by atoms with Gasteiger partial charge in [0, 0.05) is 6.20 Å². The van der Waals surface area contributed by atoms with Gasteiger partial charge in [0.15, 0.2) is 0 Å². The van der Waals surface area contributed by atoms with Crippen molar-refractivity contribution < 1.29 is 9.90 Å². The van der Waals surface area contributed by atoms with Crippen molar-refractivity contribution in [2.45, 2.75) is 13.3 Å². The molecule has 1 aromatic rings. The molecule has 2 N–H and O–H groups in total. The van der Waals surface area contributed by atoms with Crippen LogP contribution in [-0.2, 0) is 6.42 Å². The molecule has 64 valence electrons. The Hall–Kier alpha value is -1.58. The van der Waals surface area contributed by atoms with Gasteiger partial charge >= 0.3 is 6.09 Å². The molecule has 0 fully saturated rings. The van der Waals surface area contributed by atoms with Gasteiger partial charge in [0.2, 0.25) is 0 Å². The maximum atomic E-state index is 10.3. The summed E-state index contributed by atoms with van der Waals surface area (Å²) in [4.78, 5) is 14.3. The molecule has 0 spiro atoms. The van der Waals surface area contributed by atoms with Crippen molar-refractivity contribution in [3.05, 3.63) is 24.0 Å². The Morgan fingerprint density at radius 3 is 3.08 bits per heavy atom. The molecule has 12 heavy (non-hydrogen) atoms. The lowest BCUT2D eigenvalue weighted by molar-refractivity contribution is 0.209. The van der Waals surface area contributed by atoms with Crippen LogP contribution in [0.5, 0.6) is 0 Å². The zero-order valence-corrected chi connectivity index (χ0v) is 6.74. The molecule has 0 aliphatic heterocycles. The first-order chi connectivity index (χ1) is 5.74. The quantitative estimate of drug-likeness (QED) is 0.703. The van der Waals surface area contributed by atoms with E-state index in [9.17, 15) is 4.79 Å². The Morgan fingerprint density at radius 1 is 1.75 bits per heavy atom. The standard InChI is InChI=1S/C8H10N2O2/c1-2-6-7(10-8(11)12)4-3-5-9-6/h3-5,10H,2H2,1H3,(H,11,12). The van der Waals surface area contributed by atoms with Crippen molar-refractivity contribution >= 4 is 11.8 Å². The Labute approximate surface area is 70.3 Å². The number of carbonyl (C=O) groups is 1. The summed E-state index contributed by atoms with van der Waals surface area (Å²) in [5.74, 6) is 0. The Morgan fingerprint density at radius 2 is 2.50 bits per heavy atom. The zero-order valence-electron chi connectivity index (χ0n) is 6.74. The number of aromatic nitrogens is 1. The highest BCUT2D eigenvalue weighted by Crippen LogP contribution is 2.11. The fraction of sp³-hybridized carbons (Fsp3) is 0.250. The molecule has 0 atom stereocenters. The van der Waals surface area contributed by atoms with E-state index in [0.29, 0.717) is 5.69 Å². The molecule has 0 saturated carbocycles. The van der Waals surface area contributed by atoms with E-state index < -0.39 is 6.09 Å². The number of nitrogens with zero attached hydrogens (tertiary/aromatic N) is 1. The number of pyridine rings is 1. The van der Waals surface area contributed by atoms with Gasteiger partial charge in [-0.2, -0.15) is 0 Å². The number of rotatable bonds is 2. The first kappa shape index (κ1) is 8.52. The maximum absolute atomic E-state index is 10.3. The molecule has 0 aliphatic rings. The van der Waals surface area contributed by atoms with Gasteiger partial charge < -0.3 is 5.11 Å². The van der Waals surface area contributed by atoms with Gasteiger partial charge in [0.05, 0.1) is 11.4 Å². The second-order valence-corrected chi connectivity index (χ2v) is 2.28. The van der Waals surface area contributed by atoms with E-state index in [2.05, 4.69) is 10.3 Å². The van der Waals surface area contributed by atoms with Gasteiger partial charge in [-0.05, 0) is 18.6 Å². The molecular formula is C8H10N2O2. The van der Waals surface area contributed by atoms with E-state index in [0.717, 1.165) is 12.1 Å². The second kappa shape index (κ2) is 3.71. The second-order valence-electron chi connectivity index (χ2n) is 2.28. The molecule has 0 bridgehead atoms. The van der Waals surface area contributed by atoms with Gasteiger partial charge in [0.1, 0.15) is 0 Å². The number of hydrogen-bond acceptors (Lipinski definition) is 2. The van der Waals surface area contributed by atoms with Crippen molar-refractivity contribution in [2.24, 2.45) is 0 Å². The van der Waals surface area contributed by atoms with Crippen LogP contribution in [0.2, 0.25) is 0 Å². The third-order valence-electron chi connectivity index (χ3n) is 1.47. The van der Waals surface area contributed by atoms with Gasteiger partial charge in [-0.15, -0.1) is 0 Å². The highest BCUT2D eigenvalue weighted by Gasteiger charge is 2.02. The highest BCUT2D eigenvalue weighted by atomic mass is 16.4. The third kappa shape index (κ3) is 1.95. The zero-order chi connectivity index (χ0) is 8.97. The molecule has 0 aromatic carbocycles. The molecule has 0 radical (unpaired) electrons. The Balaban J connectivity index is 2.89. The first-order valence-electron chi connectivity index (χ1n) is 3.68. The largest absolute Gasteiger partial charge is 0.465 e. The van der Waals surface area contributed by atoms with Crippen LogP contribution in [0.25, 0.3) is 0 Å². The average Bonchev–Trinajstić information content (AvgIpc) is 2.04. The lowest BCUT2D eigenvalue weighted by Crippen LogP contribution is -2.09. The van der Waals surface area contributed by atoms with Gasteiger partial charge in [0.25, 0.3) is 0 Å². The topological polar surface area (TPSA) is 62.2 Å². The van der Waals surface area contributed by atoms with E-state index in [-0.39, 0.29) is 0 Å². The van der Waals surface area contributed by atoms with E-state index in [1.165, 1.54) is 0 Å². The van der Waals surface area contributed by atoms with Crippen LogP contribution in [-0.4, -0.2) is 16.2 Å². The molecule has 0 aliphatic carbocycles. The molecule has 1 rings (SSSR count). The van der Waals surface area contributed by atoms with Crippen molar-refractivity contribution in [1.82, 2.24) is 4.98 Å². The smallest absolute Gasteiger partial charge is 0.409 e. The number of hydrogen-bond donors (Lipinski definition) is 2. The lowest BCUT2D eigenvalue weighted by Gasteiger charge is -2.04. The van der Waals surface area contributed by atoms with Gasteiger partial charge in [-0.25, -0.2) is 4.79 Å². The molecule has 1 amide bonds. The molecule has 4 heteroatoms. The number of nitrogens with one attached hydrogen (secondary N) is 1. The summed E-state index contributed by atoms with van der Waals surface area (Å²) in [6.07, 6.45) is 1.31. The summed E-state index contributed by atoms with van der Waals surface area (Å²) >= 11 is 0. The summed E-state index contributed by atoms with van der Waals surface area (Å²) < 4.78 is 0. The van der Waals surface area contributed by atoms with Crippen LogP contribution in [0.3, 0.4) is 0 Å². The minimum Gasteiger partial charge on any atom is -0.465 e. The molecule has 1 aromatic heterocycles. The van der Waals surface area contributed by atoms with Crippen LogP contribution in [0.15, 0.2) is 18.3 Å². The molecule has 4 nitrogen and oxygen atoms in total. The minimum absolute atomic E-state index is 0.563. The van der Waals surface area contributed by atoms with Crippen molar-refractivity contribution in [1.29, 1.82) is 0 Å². The van der Waals surface area contributed by atoms with E-state index in [4.69, 9.17) is 5.11 Å². The first-order valence-corrected chi connectivity index (χ1v) is 3.68. The SMILES string of the molecule is CCc1ncccc1NC(=O)O. The van der Waals surface area contributed by atoms with Crippen LogP contribution in [0, 0.1) is 0 Å². The van der Waals surface area contributed by atoms with Crippen molar-refractivity contribution in [2.75, 3.05) is 5.32 Å². The van der Waals surface area contributed by atoms with Gasteiger partial charge in [-0.1, -0.05) is 6.92 Å². The van der Waals surface area contributed by atoms with Crippen molar-refractivity contribution in [3.8, 4) is 0 Å². The average molecular weight is 166 g/mol. The summed E-state index contributed by atoms with van der Waals surface area (Å²) in [7, 11) is 0. The van der Waals surface area contributed by atoms with E-state index in [1.54, 1.807) is 18.3 Å². The van der Waals surface area contributed by atoms with Crippen molar-refractivity contribution in [3.63, 3.8) is 0 Å². The Bertz CT molecular complexity index is 286. The fourth-order valence-corrected chi connectivity index (χ4v) is 0.949. The lowest BCUT2D eigenvalue weighted by atomic mass is 10.2. The predicted octanol–water partition coefficient (Wildman–Crippen LogP) is 1.73. The summed E-state index contributed by atoms with van der Waals surface area (Å²) in [6, 6.07) is 3.39. The summed E-state index contributed by atoms with van der Waals surface area (Å²) in [5, 5.41) is 10.7. The molecule has 1 heterocycles. The Kier molecular flexibility index (Phi) is 2.63. The number of anilines is 1. The van der Waals surface area contributed by atoms with E-state index in [1.807, 2.05) is 6.92 Å². The minimum atomic E-state index is -1.06. The normalized spacial score (nSPS) is 9.42. The molecule has 0 saturated heterocycles. The monoisotopic (exact) mass is 166 g/mol.